The van der Waals surface area contributed by atoms with Crippen LogP contribution in [-0.4, -0.2) is 55.1 Å². The third kappa shape index (κ3) is 4.79. The number of hydrogen-bond donors (Lipinski definition) is 1. The summed E-state index contributed by atoms with van der Waals surface area (Å²) in [4.78, 5) is 20.9. The van der Waals surface area contributed by atoms with E-state index in [1.165, 1.54) is 6.20 Å². The minimum atomic E-state index is -4.45. The minimum absolute atomic E-state index is 0.00291. The summed E-state index contributed by atoms with van der Waals surface area (Å²) in [7, 11) is 2.09. The normalized spacial score (nSPS) is 22.8. The Morgan fingerprint density at radius 1 is 1.19 bits per heavy atom. The van der Waals surface area contributed by atoms with Crippen molar-refractivity contribution >= 4 is 22.5 Å². The highest BCUT2D eigenvalue weighted by Crippen LogP contribution is 2.39. The molecule has 0 spiro atoms. The molecule has 168 valence electrons. The average molecular weight is 435 g/mol. The van der Waals surface area contributed by atoms with Crippen LogP contribution in [0.3, 0.4) is 0 Å². The van der Waals surface area contributed by atoms with Crippen molar-refractivity contribution in [2.24, 2.45) is 5.92 Å². The Morgan fingerprint density at radius 3 is 2.74 bits per heavy atom. The summed E-state index contributed by atoms with van der Waals surface area (Å²) in [5, 5.41) is 3.68. The van der Waals surface area contributed by atoms with Gasteiger partial charge in [0.2, 0.25) is 5.91 Å². The largest absolute Gasteiger partial charge is 0.418 e. The van der Waals surface area contributed by atoms with Gasteiger partial charge in [0.05, 0.1) is 11.1 Å². The molecule has 2 aromatic rings. The predicted molar refractivity (Wildman–Crippen MR) is 115 cm³/mol. The van der Waals surface area contributed by atoms with Crippen LogP contribution >= 0.6 is 0 Å². The Labute approximate surface area is 180 Å². The fourth-order valence-corrected chi connectivity index (χ4v) is 4.99. The van der Waals surface area contributed by atoms with E-state index >= 15 is 0 Å². The Balaban J connectivity index is 1.47. The molecule has 4 rings (SSSR count). The van der Waals surface area contributed by atoms with E-state index in [9.17, 15) is 18.0 Å². The zero-order valence-corrected chi connectivity index (χ0v) is 18.0. The van der Waals surface area contributed by atoms with E-state index in [-0.39, 0.29) is 17.5 Å². The molecule has 1 aromatic heterocycles. The van der Waals surface area contributed by atoms with Crippen molar-refractivity contribution < 1.29 is 18.0 Å². The van der Waals surface area contributed by atoms with Gasteiger partial charge in [-0.3, -0.25) is 9.78 Å². The second-order valence-corrected chi connectivity index (χ2v) is 8.96. The smallest absolute Gasteiger partial charge is 0.369 e. The number of amides is 1. The lowest BCUT2D eigenvalue weighted by atomic mass is 9.95. The van der Waals surface area contributed by atoms with Gasteiger partial charge in [0.25, 0.3) is 0 Å². The molecule has 0 radical (unpaired) electrons. The topological polar surface area (TPSA) is 48.5 Å². The third-order valence-corrected chi connectivity index (χ3v) is 6.47. The van der Waals surface area contributed by atoms with Gasteiger partial charge in [-0.15, -0.1) is 0 Å². The molecule has 0 aliphatic carbocycles. The van der Waals surface area contributed by atoms with E-state index in [2.05, 4.69) is 27.1 Å². The average Bonchev–Trinajstić information content (AvgIpc) is 3.14. The number of anilines is 1. The van der Waals surface area contributed by atoms with Gasteiger partial charge in [-0.1, -0.05) is 0 Å². The summed E-state index contributed by atoms with van der Waals surface area (Å²) in [6.45, 7) is 5.13. The minimum Gasteiger partial charge on any atom is -0.369 e. The van der Waals surface area contributed by atoms with Gasteiger partial charge in [-0.05, 0) is 69.5 Å². The molecule has 0 unspecified atom stereocenters. The van der Waals surface area contributed by atoms with Crippen molar-refractivity contribution in [1.29, 1.82) is 0 Å². The number of carbonyl (C=O) groups excluding carboxylic acids is 1. The van der Waals surface area contributed by atoms with E-state index in [0.29, 0.717) is 30.8 Å². The summed E-state index contributed by atoms with van der Waals surface area (Å²) in [5.41, 5.74) is 0.787. The van der Waals surface area contributed by atoms with Crippen molar-refractivity contribution in [2.75, 3.05) is 38.1 Å². The Kier molecular flexibility index (Phi) is 6.10. The number of piperidine rings is 1. The molecule has 2 aliphatic rings. The van der Waals surface area contributed by atoms with Crippen LogP contribution in [0.4, 0.5) is 18.9 Å². The van der Waals surface area contributed by atoms with Crippen LogP contribution in [0.2, 0.25) is 0 Å². The fourth-order valence-electron chi connectivity index (χ4n) is 4.99. The maximum Gasteiger partial charge on any atom is 0.418 e. The van der Waals surface area contributed by atoms with Crippen LogP contribution < -0.4 is 10.2 Å². The summed E-state index contributed by atoms with van der Waals surface area (Å²) >= 11 is 0. The van der Waals surface area contributed by atoms with Crippen LogP contribution in [0, 0.1) is 12.8 Å². The molecule has 1 N–H and O–H groups in total. The Bertz CT molecular complexity index is 962. The molecule has 3 heterocycles. The van der Waals surface area contributed by atoms with E-state index < -0.39 is 11.7 Å². The lowest BCUT2D eigenvalue weighted by Gasteiger charge is -2.29. The number of aromatic nitrogens is 1. The molecule has 2 atom stereocenters. The zero-order chi connectivity index (χ0) is 22.2. The first-order valence-corrected chi connectivity index (χ1v) is 10.9. The fraction of sp³-hybridized carbons (Fsp3) is 0.565. The van der Waals surface area contributed by atoms with E-state index in [4.69, 9.17) is 0 Å². The molecule has 0 bridgehead atoms. The molecule has 2 fully saturated rings. The molecule has 5 nitrogen and oxygen atoms in total. The number of fused-ring (bicyclic) bond motifs is 1. The monoisotopic (exact) mass is 434 g/mol. The maximum atomic E-state index is 13.5. The van der Waals surface area contributed by atoms with E-state index in [1.54, 1.807) is 12.1 Å². The third-order valence-electron chi connectivity index (χ3n) is 6.47. The first-order chi connectivity index (χ1) is 14.7. The van der Waals surface area contributed by atoms with Gasteiger partial charge >= 0.3 is 6.18 Å². The molecule has 31 heavy (non-hydrogen) atoms. The number of aryl methyl sites for hydroxylation is 1. The summed E-state index contributed by atoms with van der Waals surface area (Å²) < 4.78 is 40.4. The van der Waals surface area contributed by atoms with E-state index in [1.807, 2.05) is 6.92 Å². The Hall–Kier alpha value is -2.35. The van der Waals surface area contributed by atoms with Crippen molar-refractivity contribution in [3.63, 3.8) is 0 Å². The number of likely N-dealkylation sites (tertiary alicyclic amines) is 1. The van der Waals surface area contributed by atoms with Crippen molar-refractivity contribution in [2.45, 2.75) is 44.8 Å². The first-order valence-electron chi connectivity index (χ1n) is 10.9. The van der Waals surface area contributed by atoms with Gasteiger partial charge in [-0.25, -0.2) is 0 Å². The van der Waals surface area contributed by atoms with Crippen LogP contribution in [0.25, 0.3) is 10.9 Å². The SMILES string of the molecule is Cc1ccnc2c(C(F)(F)F)ccc(N3CC[C@@H](NC(=O)C[C@H]4CCCN(C)C4)C3)c12. The van der Waals surface area contributed by atoms with Crippen LogP contribution in [0.5, 0.6) is 0 Å². The molecule has 1 aromatic carbocycles. The molecule has 2 saturated heterocycles. The number of nitrogens with zero attached hydrogens (tertiary/aromatic N) is 3. The molecule has 1 amide bonds. The van der Waals surface area contributed by atoms with Crippen molar-refractivity contribution in [3.8, 4) is 0 Å². The van der Waals surface area contributed by atoms with Gasteiger partial charge in [0, 0.05) is 49.4 Å². The predicted octanol–water partition coefficient (Wildman–Crippen LogP) is 3.99. The lowest BCUT2D eigenvalue weighted by Crippen LogP contribution is -2.40. The van der Waals surface area contributed by atoms with Crippen LogP contribution in [0.15, 0.2) is 24.4 Å². The molecule has 0 saturated carbocycles. The molecular formula is C23H29F3N4O. The number of nitrogens with one attached hydrogen (secondary N) is 1. The second-order valence-electron chi connectivity index (χ2n) is 8.96. The van der Waals surface area contributed by atoms with Gasteiger partial charge in [0.15, 0.2) is 0 Å². The van der Waals surface area contributed by atoms with Crippen molar-refractivity contribution in [3.05, 3.63) is 35.5 Å². The second kappa shape index (κ2) is 8.65. The quantitative estimate of drug-likeness (QED) is 0.791. The summed E-state index contributed by atoms with van der Waals surface area (Å²) in [6.07, 6.45) is 0.488. The highest BCUT2D eigenvalue weighted by atomic mass is 19.4. The number of carbonyl (C=O) groups is 1. The highest BCUT2D eigenvalue weighted by molar-refractivity contribution is 5.96. The number of halogens is 3. The van der Waals surface area contributed by atoms with Gasteiger partial charge < -0.3 is 15.1 Å². The van der Waals surface area contributed by atoms with Crippen molar-refractivity contribution in [1.82, 2.24) is 15.2 Å². The maximum absolute atomic E-state index is 13.5. The van der Waals surface area contributed by atoms with Crippen LogP contribution in [0.1, 0.15) is 36.8 Å². The molecule has 2 aliphatic heterocycles. The van der Waals surface area contributed by atoms with Gasteiger partial charge in [0.1, 0.15) is 0 Å². The number of benzene rings is 1. The number of alkyl halides is 3. The summed E-state index contributed by atoms with van der Waals surface area (Å²) in [6, 6.07) is 4.41. The number of rotatable bonds is 4. The number of hydrogen-bond acceptors (Lipinski definition) is 4. The molecule has 8 heteroatoms. The highest BCUT2D eigenvalue weighted by Gasteiger charge is 2.35. The summed E-state index contributed by atoms with van der Waals surface area (Å²) in [5.74, 6) is 0.464. The molecular weight excluding hydrogens is 405 g/mol. The van der Waals surface area contributed by atoms with E-state index in [0.717, 1.165) is 49.7 Å². The zero-order valence-electron chi connectivity index (χ0n) is 18.0. The first kappa shape index (κ1) is 21.9. The Morgan fingerprint density at radius 2 is 2.00 bits per heavy atom. The van der Waals surface area contributed by atoms with Crippen LogP contribution in [-0.2, 0) is 11.0 Å². The number of pyridine rings is 1. The van der Waals surface area contributed by atoms with Gasteiger partial charge in [-0.2, -0.15) is 13.2 Å². The lowest BCUT2D eigenvalue weighted by molar-refractivity contribution is -0.136. The standard InChI is InChI=1S/C23H29F3N4O/c1-15-7-9-27-22-18(23(24,25)26)5-6-19(21(15)22)30-11-8-17(14-30)28-20(31)12-16-4-3-10-29(2)13-16/h5-7,9,16-17H,3-4,8,10-14H2,1-2H3,(H,28,31)/t16-,17-/m1/s1.